The van der Waals surface area contributed by atoms with Gasteiger partial charge >= 0.3 is 404 Å². The summed E-state index contributed by atoms with van der Waals surface area (Å²) in [5.41, 5.74) is 11.9. The van der Waals surface area contributed by atoms with Gasteiger partial charge in [0.15, 0.2) is 0 Å². The number of hydrogen-bond acceptors (Lipinski definition) is 8. The maximum atomic E-state index is 13.9. The molecule has 9 heterocycles. The molecule has 0 aliphatic carbocycles. The van der Waals surface area contributed by atoms with E-state index in [1.807, 2.05) is 133 Å². The van der Waals surface area contributed by atoms with Crippen molar-refractivity contribution in [2.45, 2.75) is 39.9 Å². The van der Waals surface area contributed by atoms with Crippen molar-refractivity contribution in [2.24, 2.45) is 9.98 Å². The van der Waals surface area contributed by atoms with Gasteiger partial charge in [0.1, 0.15) is 0 Å². The number of carbonyl (C=O) groups is 4. The number of benzene rings is 4. The first-order valence-electron chi connectivity index (χ1n) is 22.6. The van der Waals surface area contributed by atoms with Gasteiger partial charge in [-0.25, -0.2) is 0 Å². The Bertz CT molecular complexity index is 3640. The van der Waals surface area contributed by atoms with E-state index in [-0.39, 0.29) is 36.5 Å². The minimum atomic E-state index is -5.61. The minimum absolute atomic E-state index is 0.121. The van der Waals surface area contributed by atoms with Crippen molar-refractivity contribution >= 4 is 102 Å². The van der Waals surface area contributed by atoms with Crippen LogP contribution in [0.1, 0.15) is 67.3 Å². The normalized spacial score (nSPS) is 19.4. The molecule has 9 bridgehead atoms. The summed E-state index contributed by atoms with van der Waals surface area (Å²) in [4.78, 5) is 63.8. The van der Waals surface area contributed by atoms with Gasteiger partial charge in [0, 0.05) is 0 Å². The Kier molecular flexibility index (Phi) is 10.1. The third-order valence-electron chi connectivity index (χ3n) is 12.7. The summed E-state index contributed by atoms with van der Waals surface area (Å²) in [6, 6.07) is 38.9. The van der Waals surface area contributed by atoms with Crippen LogP contribution < -0.4 is 32.0 Å². The number of para-hydroxylation sites is 4. The molecule has 1 fully saturated rings. The van der Waals surface area contributed by atoms with Gasteiger partial charge in [-0.1, -0.05) is 0 Å². The fraction of sp³-hybridized carbons (Fsp3) is 0.111. The van der Waals surface area contributed by atoms with E-state index in [9.17, 15) is 19.2 Å². The fourth-order valence-corrected chi connectivity index (χ4v) is 22.3. The van der Waals surface area contributed by atoms with Crippen LogP contribution >= 0.6 is 0 Å². The SMILES string of the molecule is CC(=O)Nc1ccccc1C1=C2C=CC(=N2)C(c2ccccc2NC(C)=O)=c2ccc3[n]2[Bi]24[O]C(CCC(=O)Nc5ccccc5C=3C3=NC(=C(c5ccccc5NC(C)=O)c5ccc1[n]52)C=C3)[O]4. The third kappa shape index (κ3) is 6.95. The van der Waals surface area contributed by atoms with Gasteiger partial charge in [-0.3, -0.25) is 0 Å². The molecule has 6 aromatic rings. The number of allylic oxidation sites excluding steroid dienone is 4. The molecule has 4 aromatic carbocycles. The fourth-order valence-electron chi connectivity index (χ4n) is 10.0. The summed E-state index contributed by atoms with van der Waals surface area (Å²) in [7, 11) is 0. The number of amides is 4. The van der Waals surface area contributed by atoms with E-state index in [2.05, 4.69) is 38.4 Å². The van der Waals surface area contributed by atoms with Gasteiger partial charge in [-0.15, -0.1) is 0 Å². The zero-order valence-corrected chi connectivity index (χ0v) is 41.0. The number of aromatic nitrogens is 2. The summed E-state index contributed by atoms with van der Waals surface area (Å²) >= 11 is -5.61. The predicted molar refractivity (Wildman–Crippen MR) is 267 cm³/mol. The Hall–Kier alpha value is -7.84. The summed E-state index contributed by atoms with van der Waals surface area (Å²) in [6.45, 7) is 4.45. The number of nitrogens with zero attached hydrogens (tertiary/aromatic N) is 4. The van der Waals surface area contributed by atoms with Gasteiger partial charge in [-0.2, -0.15) is 0 Å². The molecule has 4 amide bonds. The second kappa shape index (κ2) is 16.4. The molecule has 15 heteroatoms. The van der Waals surface area contributed by atoms with Gasteiger partial charge in [-0.05, 0) is 0 Å². The van der Waals surface area contributed by atoms with Gasteiger partial charge < -0.3 is 0 Å². The molecule has 1 spiro atoms. The van der Waals surface area contributed by atoms with Gasteiger partial charge in [0.25, 0.3) is 0 Å². The van der Waals surface area contributed by atoms with Crippen LogP contribution in [-0.4, -0.2) is 68.1 Å². The molecule has 14 nitrogen and oxygen atoms in total. The average Bonchev–Trinajstić information content (AvgIpc) is 4.15. The molecule has 0 unspecified atom stereocenters. The third-order valence-corrected chi connectivity index (χ3v) is 23.9. The van der Waals surface area contributed by atoms with Crippen molar-refractivity contribution in [1.29, 1.82) is 0 Å². The number of anilines is 4. The van der Waals surface area contributed by atoms with Crippen LogP contribution in [0.2, 0.25) is 0 Å². The first-order valence-corrected chi connectivity index (χ1v) is 28.5. The molecule has 13 rings (SSSR count). The van der Waals surface area contributed by atoms with Crippen molar-refractivity contribution in [2.75, 3.05) is 21.3 Å². The Labute approximate surface area is 401 Å². The number of hydrogen-bond donors (Lipinski definition) is 4. The molecule has 2 aromatic heterocycles. The maximum absolute atomic E-state index is 13.9. The molecular weight excluding hydrogens is 1070 g/mol. The summed E-state index contributed by atoms with van der Waals surface area (Å²) in [5, 5.41) is 13.9. The predicted octanol–water partition coefficient (Wildman–Crippen LogP) is 7.07. The molecule has 7 aliphatic heterocycles. The number of fused-ring (bicyclic) bond motifs is 5. The van der Waals surface area contributed by atoms with Crippen molar-refractivity contribution in [1.82, 2.24) is 5.02 Å². The van der Waals surface area contributed by atoms with E-state index in [1.165, 1.54) is 20.8 Å². The molecule has 1 saturated heterocycles. The van der Waals surface area contributed by atoms with E-state index in [0.717, 1.165) is 16.3 Å². The zero-order chi connectivity index (χ0) is 47.1. The second-order valence-corrected chi connectivity index (χ2v) is 25.8. The van der Waals surface area contributed by atoms with Crippen LogP contribution in [0, 0.1) is 0 Å². The molecule has 1 radical (unpaired) electrons. The number of rotatable bonds is 6. The Morgan fingerprint density at radius 2 is 0.986 bits per heavy atom. The molecular formula is C54H42BiN8O6. The quantitative estimate of drug-likeness (QED) is 0.130. The van der Waals surface area contributed by atoms with E-state index < -0.39 is 28.0 Å². The van der Waals surface area contributed by atoms with Crippen molar-refractivity contribution < 1.29 is 24.8 Å². The first-order chi connectivity index (χ1) is 33.6. The van der Waals surface area contributed by atoms with Crippen LogP contribution in [-0.2, 0) is 24.8 Å². The second-order valence-electron chi connectivity index (χ2n) is 17.2. The molecule has 339 valence electrons. The van der Waals surface area contributed by atoms with Crippen LogP contribution in [0.25, 0.3) is 22.3 Å². The number of aliphatic imine (C=N–C) groups is 2. The van der Waals surface area contributed by atoms with Crippen molar-refractivity contribution in [3.05, 3.63) is 201 Å². The average molecular weight is 1110 g/mol. The van der Waals surface area contributed by atoms with Crippen LogP contribution in [0.5, 0.6) is 0 Å². The topological polar surface area (TPSA) is 169 Å². The monoisotopic (exact) mass is 1110 g/mol. The van der Waals surface area contributed by atoms with E-state index in [4.69, 9.17) is 15.6 Å². The van der Waals surface area contributed by atoms with Crippen LogP contribution in [0.4, 0.5) is 22.7 Å². The first kappa shape index (κ1) is 42.5. The summed E-state index contributed by atoms with van der Waals surface area (Å²) in [6.07, 6.45) is 7.55. The standard InChI is InChI=1S/C54H44N8O6.Bi/c1-30(63)55-37-16-8-4-12-33(37)51-41-20-22-43(58-41)52(34-13-5-9-17-38(34)56-31(2)64)45-24-26-47(60-45)54(36-15-7-11-19-40(36)62-49(66)28-29-50(67)68)48-27-25-46(61-48)53(44-23-21-42(51)59-44)35-14-6-10-18-39(35)57-32(3)65;/h4-27,50H,28-29H2,1-3H3,(H6,55,56,57,58,59,60,61,62,63,64,65,66);/q-2;+4/p-2. The van der Waals surface area contributed by atoms with E-state index >= 15 is 0 Å². The van der Waals surface area contributed by atoms with Crippen LogP contribution in [0.15, 0.2) is 167 Å². The molecule has 7 aliphatic rings. The van der Waals surface area contributed by atoms with E-state index in [0.29, 0.717) is 95.9 Å². The van der Waals surface area contributed by atoms with Crippen molar-refractivity contribution in [3.8, 4) is 0 Å². The van der Waals surface area contributed by atoms with Gasteiger partial charge in [0.2, 0.25) is 0 Å². The molecule has 4 N–H and O–H groups in total. The Balaban J connectivity index is 1.34. The zero-order valence-electron chi connectivity index (χ0n) is 37.5. The van der Waals surface area contributed by atoms with E-state index in [1.54, 1.807) is 0 Å². The Morgan fingerprint density at radius 3 is 1.48 bits per heavy atom. The molecule has 0 atom stereocenters. The van der Waals surface area contributed by atoms with Gasteiger partial charge in [0.05, 0.1) is 0 Å². The summed E-state index contributed by atoms with van der Waals surface area (Å²) in [5.74, 6) is -0.904. The molecule has 69 heavy (non-hydrogen) atoms. The molecule has 0 saturated carbocycles. The summed E-state index contributed by atoms with van der Waals surface area (Å²) < 4.78 is 19.8. The number of nitrogens with one attached hydrogen (secondary N) is 4. The Morgan fingerprint density at radius 1 is 0.551 bits per heavy atom. The number of carbonyl (C=O) groups excluding carboxylic acids is 4. The van der Waals surface area contributed by atoms with Crippen molar-refractivity contribution in [3.63, 3.8) is 0 Å². The van der Waals surface area contributed by atoms with Crippen LogP contribution in [0.3, 0.4) is 0 Å².